The molecule has 7 atom stereocenters. The number of nitrogens with one attached hydrogen (secondary N) is 1. The van der Waals surface area contributed by atoms with Crippen molar-refractivity contribution in [3.63, 3.8) is 0 Å². The van der Waals surface area contributed by atoms with Crippen LogP contribution in [-0.2, 0) is 40.5 Å². The molecule has 0 radical (unpaired) electrons. The normalized spacial score (nSPS) is 21.3. The summed E-state index contributed by atoms with van der Waals surface area (Å²) in [6.45, 7) is 6.54. The number of carbonyl (C=O) groups is 1. The van der Waals surface area contributed by atoms with Crippen LogP contribution < -0.4 is 42.3 Å². The number of hydrogen-bond donors (Lipinski definition) is 2. The molecule has 2 N–H and O–H groups in total. The zero-order chi connectivity index (χ0) is 54.9. The standard InChI is InChI=1S/C58H61N5O14Si/c1-37-33-61(55(68)62(36-64)52(37)66)49-32-45(47(73-49)35-72-58(38-16-10-7-11-17-38,39-22-26-41(70-5)27-23-39)40-24-28-42(71-6)29-25-40)75-56(69)63-34-46-50(51(76-63)53(74-46)60-31-30-48(65)59-54(60)67)77-78(57(2,3)4,43-18-12-8-13-19-43)44-20-14-9-15-21-44/h7-31,33,45-47,49-51,53,64H,32,34-36H2,1-6H3,(H,59,65,67)/t45-,46+,47?,49+,50+,51-,53+/m0/s1. The second-order valence-electron chi connectivity index (χ2n) is 20.4. The first kappa shape index (κ1) is 53.7. The maximum atomic E-state index is 15.0. The number of fused-ring (bicyclic) bond motifs is 2. The van der Waals surface area contributed by atoms with E-state index in [1.165, 1.54) is 34.5 Å². The van der Waals surface area contributed by atoms with E-state index < -0.39 is 97.3 Å². The average Bonchev–Trinajstić information content (AvgIpc) is 4.10. The van der Waals surface area contributed by atoms with E-state index in [4.69, 9.17) is 37.7 Å². The van der Waals surface area contributed by atoms with Crippen LogP contribution in [0.5, 0.6) is 11.5 Å². The third-order valence-corrected chi connectivity index (χ3v) is 19.9. The van der Waals surface area contributed by atoms with Gasteiger partial charge in [-0.15, -0.1) is 0 Å². The van der Waals surface area contributed by atoms with Crippen molar-refractivity contribution in [3.8, 4) is 11.5 Å². The highest BCUT2D eigenvalue weighted by Crippen LogP contribution is 2.46. The van der Waals surface area contributed by atoms with E-state index in [0.29, 0.717) is 27.2 Å². The molecule has 2 aromatic heterocycles. The summed E-state index contributed by atoms with van der Waals surface area (Å²) < 4.78 is 48.8. The summed E-state index contributed by atoms with van der Waals surface area (Å²) >= 11 is 0. The molecule has 3 fully saturated rings. The number of aliphatic hydroxyl groups is 1. The first-order valence-electron chi connectivity index (χ1n) is 25.6. The highest BCUT2D eigenvalue weighted by Gasteiger charge is 2.60. The first-order chi connectivity index (χ1) is 37.6. The second-order valence-corrected chi connectivity index (χ2v) is 24.7. The van der Waals surface area contributed by atoms with Gasteiger partial charge in [0.15, 0.2) is 12.3 Å². The lowest BCUT2D eigenvalue weighted by Crippen LogP contribution is -2.70. The molecule has 2 bridgehead atoms. The molecule has 3 saturated heterocycles. The van der Waals surface area contributed by atoms with E-state index in [-0.39, 0.29) is 25.1 Å². The number of aryl methyl sites for hydroxylation is 1. The molecule has 5 heterocycles. The van der Waals surface area contributed by atoms with Gasteiger partial charge in [-0.25, -0.2) is 19.0 Å². The minimum absolute atomic E-state index is 0.113. The van der Waals surface area contributed by atoms with Crippen molar-refractivity contribution >= 4 is 24.8 Å². The number of aromatic amines is 1. The number of hydrogen-bond acceptors (Lipinski definition) is 14. The van der Waals surface area contributed by atoms with Crippen LogP contribution in [-0.4, -0.2) is 101 Å². The molecule has 1 unspecified atom stereocenters. The van der Waals surface area contributed by atoms with E-state index in [9.17, 15) is 29.1 Å². The van der Waals surface area contributed by atoms with Gasteiger partial charge in [0.1, 0.15) is 54.5 Å². The number of benzene rings is 5. The number of H-pyrrole nitrogens is 1. The Bertz CT molecular complexity index is 3390. The summed E-state index contributed by atoms with van der Waals surface area (Å²) in [6.07, 6.45) is -5.87. The predicted molar refractivity (Wildman–Crippen MR) is 288 cm³/mol. The third-order valence-electron chi connectivity index (χ3n) is 14.8. The van der Waals surface area contributed by atoms with Gasteiger partial charge >= 0.3 is 17.5 Å². The van der Waals surface area contributed by atoms with E-state index in [1.54, 1.807) is 14.2 Å². The molecule has 7 aromatic rings. The maximum Gasteiger partial charge on any atom is 0.434 e. The summed E-state index contributed by atoms with van der Waals surface area (Å²) in [7, 11) is -0.178. The molecule has 0 spiro atoms. The van der Waals surface area contributed by atoms with E-state index >= 15 is 0 Å². The smallest absolute Gasteiger partial charge is 0.434 e. The number of hydroxylamine groups is 2. The van der Waals surface area contributed by atoms with Gasteiger partial charge in [0.2, 0.25) is 0 Å². The Hall–Kier alpha value is -7.69. The summed E-state index contributed by atoms with van der Waals surface area (Å²) in [5, 5.41) is 12.7. The zero-order valence-electron chi connectivity index (χ0n) is 43.9. The monoisotopic (exact) mass is 1080 g/mol. The van der Waals surface area contributed by atoms with Crippen LogP contribution in [0.15, 0.2) is 177 Å². The van der Waals surface area contributed by atoms with Crippen molar-refractivity contribution in [1.29, 1.82) is 0 Å². The van der Waals surface area contributed by atoms with E-state index in [1.807, 2.05) is 140 Å². The fourth-order valence-electron chi connectivity index (χ4n) is 11.0. The Morgan fingerprint density at radius 2 is 1.31 bits per heavy atom. The number of nitrogens with zero attached hydrogens (tertiary/aromatic N) is 4. The number of methoxy groups -OCH3 is 2. The second kappa shape index (κ2) is 22.0. The number of aromatic nitrogens is 4. The summed E-state index contributed by atoms with van der Waals surface area (Å²) in [5.41, 5.74) is -1.89. The highest BCUT2D eigenvalue weighted by atomic mass is 28.4. The number of amides is 1. The number of rotatable bonds is 16. The molecule has 5 aromatic carbocycles. The largest absolute Gasteiger partial charge is 0.497 e. The Morgan fingerprint density at radius 1 is 0.744 bits per heavy atom. The van der Waals surface area contributed by atoms with Gasteiger partial charge in [0.25, 0.3) is 19.4 Å². The van der Waals surface area contributed by atoms with Gasteiger partial charge in [0, 0.05) is 30.4 Å². The molecule has 406 valence electrons. The molecular formula is C58H61N5O14Si. The molecule has 3 aliphatic heterocycles. The van der Waals surface area contributed by atoms with E-state index in [2.05, 4.69) is 25.8 Å². The van der Waals surface area contributed by atoms with Crippen LogP contribution in [0.4, 0.5) is 4.79 Å². The van der Waals surface area contributed by atoms with E-state index in [0.717, 1.165) is 21.0 Å². The Morgan fingerprint density at radius 3 is 1.85 bits per heavy atom. The van der Waals surface area contributed by atoms with Crippen molar-refractivity contribution in [2.45, 2.75) is 94.5 Å². The van der Waals surface area contributed by atoms with Crippen molar-refractivity contribution < 1.29 is 47.6 Å². The first-order valence-corrected chi connectivity index (χ1v) is 27.5. The molecule has 0 aliphatic carbocycles. The van der Waals surface area contributed by atoms with Crippen LogP contribution in [0.3, 0.4) is 0 Å². The molecule has 19 nitrogen and oxygen atoms in total. The molecule has 78 heavy (non-hydrogen) atoms. The molecule has 1 amide bonds. The topological polar surface area (TPSA) is 213 Å². The summed E-state index contributed by atoms with van der Waals surface area (Å²) in [4.78, 5) is 76.7. The maximum absolute atomic E-state index is 15.0. The zero-order valence-corrected chi connectivity index (χ0v) is 44.9. The van der Waals surface area contributed by atoms with Gasteiger partial charge < -0.3 is 38.0 Å². The van der Waals surface area contributed by atoms with Gasteiger partial charge in [-0.1, -0.05) is 136 Å². The van der Waals surface area contributed by atoms with Gasteiger partial charge in [-0.2, -0.15) is 5.06 Å². The minimum Gasteiger partial charge on any atom is -0.497 e. The molecule has 10 rings (SSSR count). The summed E-state index contributed by atoms with van der Waals surface area (Å²) in [6, 6.07) is 45.6. The lowest BCUT2D eigenvalue weighted by Gasteiger charge is -2.47. The van der Waals surface area contributed by atoms with Crippen LogP contribution >= 0.6 is 0 Å². The van der Waals surface area contributed by atoms with Crippen molar-refractivity contribution in [2.75, 3.05) is 27.4 Å². The van der Waals surface area contributed by atoms with Crippen molar-refractivity contribution in [1.82, 2.24) is 23.7 Å². The quantitative estimate of drug-likeness (QED) is 0.0953. The Kier molecular flexibility index (Phi) is 15.1. The molecule has 3 aliphatic rings. The molecular weight excluding hydrogens is 1020 g/mol. The fraction of sp³-hybridized carbons (Fsp3) is 0.328. The lowest BCUT2D eigenvalue weighted by molar-refractivity contribution is -0.227. The van der Waals surface area contributed by atoms with Crippen molar-refractivity contribution in [3.05, 3.63) is 222 Å². The predicted octanol–water partition coefficient (Wildman–Crippen LogP) is 5.10. The van der Waals surface area contributed by atoms with Crippen LogP contribution in [0.2, 0.25) is 5.04 Å². The third kappa shape index (κ3) is 9.84. The van der Waals surface area contributed by atoms with Crippen LogP contribution in [0.25, 0.3) is 0 Å². The summed E-state index contributed by atoms with van der Waals surface area (Å²) in [5.74, 6) is 1.23. The lowest BCUT2D eigenvalue weighted by atomic mass is 9.80. The number of aliphatic hydroxyl groups excluding tert-OH is 1. The Balaban J connectivity index is 1.02. The average molecular weight is 1080 g/mol. The number of ether oxygens (including phenoxy) is 6. The highest BCUT2D eigenvalue weighted by molar-refractivity contribution is 6.99. The van der Waals surface area contributed by atoms with Crippen LogP contribution in [0, 0.1) is 6.92 Å². The molecule has 0 saturated carbocycles. The van der Waals surface area contributed by atoms with Crippen molar-refractivity contribution in [2.24, 2.45) is 0 Å². The fourth-order valence-corrected chi connectivity index (χ4v) is 15.7. The minimum atomic E-state index is -3.34. The van der Waals surface area contributed by atoms with Gasteiger partial charge in [0.05, 0.1) is 27.4 Å². The van der Waals surface area contributed by atoms with Gasteiger partial charge in [-0.3, -0.25) is 28.5 Å². The van der Waals surface area contributed by atoms with Gasteiger partial charge in [-0.05, 0) is 63.3 Å². The van der Waals surface area contributed by atoms with Crippen LogP contribution in [0.1, 0.15) is 61.9 Å². The Labute approximate surface area is 449 Å². The SMILES string of the molecule is COc1ccc(C(OCC2O[C@@H](n3cc(C)c(=O)n(CO)c3=O)C[C@@H]2OC(=O)N2C[C@H]3O[C@@H](n4ccc(=O)[nH]c4=O)[C@@H](O2)[C@@H]3O[Si](c2ccccc2)(c2ccccc2)C(C)(C)C)(c2ccccc2)c2ccc(OC)cc2)cc1. The molecule has 20 heteroatoms. The number of carbonyl (C=O) groups excluding carboxylic acids is 1.